The lowest BCUT2D eigenvalue weighted by Gasteiger charge is -2.09. The lowest BCUT2D eigenvalue weighted by molar-refractivity contribution is -0.140. The summed E-state index contributed by atoms with van der Waals surface area (Å²) in [6.45, 7) is 9.80. The number of ether oxygens (including phenoxy) is 1. The predicted molar refractivity (Wildman–Crippen MR) is 65.1 cm³/mol. The Bertz CT molecular complexity index is 219. The van der Waals surface area contributed by atoms with Crippen molar-refractivity contribution in [3.63, 3.8) is 0 Å². The molecule has 0 aliphatic heterocycles. The summed E-state index contributed by atoms with van der Waals surface area (Å²) in [5.41, 5.74) is 0.127. The van der Waals surface area contributed by atoms with Gasteiger partial charge in [-0.15, -0.1) is 0 Å². The number of hydrogen-bond donors (Lipinski definition) is 1. The monoisotopic (exact) mass is 228 g/mol. The van der Waals surface area contributed by atoms with Gasteiger partial charge >= 0.3 is 5.97 Å². The topological polar surface area (TPSA) is 46.5 Å². The summed E-state index contributed by atoms with van der Waals surface area (Å²) < 4.78 is 4.97. The molecule has 0 aliphatic rings. The van der Waals surface area contributed by atoms with Gasteiger partial charge in [-0.05, 0) is 19.3 Å². The second kappa shape index (κ2) is 8.34. The molecular formula is C13H24O3. The highest BCUT2D eigenvalue weighted by Crippen LogP contribution is 2.08. The smallest absolute Gasteiger partial charge is 0.336 e. The van der Waals surface area contributed by atoms with Gasteiger partial charge < -0.3 is 9.84 Å². The Balaban J connectivity index is 3.45. The molecule has 1 atom stereocenters. The number of esters is 1. The third-order valence-corrected chi connectivity index (χ3v) is 2.43. The van der Waals surface area contributed by atoms with Crippen LogP contribution < -0.4 is 0 Å². The fraction of sp³-hybridized carbons (Fsp3) is 0.769. The van der Waals surface area contributed by atoms with Crippen molar-refractivity contribution in [2.45, 2.75) is 52.6 Å². The minimum absolute atomic E-state index is 0.127. The lowest BCUT2D eigenvalue weighted by Crippen LogP contribution is -2.16. The number of unbranched alkanes of at least 4 members (excludes halogenated alkanes) is 2. The molecule has 0 aromatic rings. The Morgan fingerprint density at radius 3 is 2.38 bits per heavy atom. The Hall–Kier alpha value is -0.830. The van der Waals surface area contributed by atoms with Crippen molar-refractivity contribution < 1.29 is 14.6 Å². The summed E-state index contributed by atoms with van der Waals surface area (Å²) in [6.07, 6.45) is 3.52. The van der Waals surface area contributed by atoms with Gasteiger partial charge in [-0.1, -0.05) is 39.7 Å². The van der Waals surface area contributed by atoms with E-state index in [9.17, 15) is 4.79 Å². The molecule has 94 valence electrons. The molecular weight excluding hydrogens is 204 g/mol. The van der Waals surface area contributed by atoms with Gasteiger partial charge in [-0.3, -0.25) is 0 Å². The molecule has 0 fully saturated rings. The first-order chi connectivity index (χ1) is 7.45. The van der Waals surface area contributed by atoms with Gasteiger partial charge in [0.05, 0.1) is 18.3 Å². The first-order valence-corrected chi connectivity index (χ1v) is 5.99. The zero-order valence-corrected chi connectivity index (χ0v) is 10.7. The molecule has 1 N–H and O–H groups in total. The van der Waals surface area contributed by atoms with E-state index in [1.54, 1.807) is 0 Å². The van der Waals surface area contributed by atoms with Crippen LogP contribution in [-0.2, 0) is 9.53 Å². The average Bonchev–Trinajstić information content (AvgIpc) is 2.21. The molecule has 0 aromatic heterocycles. The molecule has 3 heteroatoms. The van der Waals surface area contributed by atoms with Gasteiger partial charge in [0.15, 0.2) is 0 Å². The molecule has 0 aliphatic carbocycles. The lowest BCUT2D eigenvalue weighted by atomic mass is 10.1. The van der Waals surface area contributed by atoms with E-state index in [0.717, 1.165) is 18.8 Å². The molecule has 0 saturated carbocycles. The maximum atomic E-state index is 11.2. The number of aliphatic hydroxyl groups excluding tert-OH is 1. The zero-order valence-electron chi connectivity index (χ0n) is 10.7. The molecule has 0 radical (unpaired) electrons. The molecule has 3 nitrogen and oxygen atoms in total. The molecule has 0 amide bonds. The molecule has 0 heterocycles. The van der Waals surface area contributed by atoms with E-state index in [1.807, 2.05) is 0 Å². The highest BCUT2D eigenvalue weighted by molar-refractivity contribution is 5.88. The standard InChI is InChI=1S/C13H24O3/c1-10(2)8-6-5-7-9-16-13(15)11(3)12(4)14/h10,12,14H,3,5-9H2,1-2,4H3. The van der Waals surface area contributed by atoms with E-state index in [2.05, 4.69) is 20.4 Å². The zero-order chi connectivity index (χ0) is 12.6. The van der Waals surface area contributed by atoms with Gasteiger partial charge in [-0.2, -0.15) is 0 Å². The van der Waals surface area contributed by atoms with E-state index < -0.39 is 12.1 Å². The third-order valence-electron chi connectivity index (χ3n) is 2.43. The van der Waals surface area contributed by atoms with Gasteiger partial charge in [0, 0.05) is 0 Å². The summed E-state index contributed by atoms with van der Waals surface area (Å²) in [7, 11) is 0. The van der Waals surface area contributed by atoms with Crippen LogP contribution >= 0.6 is 0 Å². The Labute approximate surface area is 98.5 Å². The molecule has 0 aromatic carbocycles. The van der Waals surface area contributed by atoms with Crippen LogP contribution in [0.2, 0.25) is 0 Å². The number of aliphatic hydroxyl groups is 1. The second-order valence-electron chi connectivity index (χ2n) is 4.58. The Kier molecular flexibility index (Phi) is 7.90. The van der Waals surface area contributed by atoms with Gasteiger partial charge in [0.1, 0.15) is 0 Å². The number of carbonyl (C=O) groups is 1. The number of hydrogen-bond acceptors (Lipinski definition) is 3. The van der Waals surface area contributed by atoms with Crippen LogP contribution in [0.15, 0.2) is 12.2 Å². The highest BCUT2D eigenvalue weighted by atomic mass is 16.5. The van der Waals surface area contributed by atoms with Crippen LogP contribution in [0.25, 0.3) is 0 Å². The first kappa shape index (κ1) is 15.2. The van der Waals surface area contributed by atoms with Gasteiger partial charge in [0.2, 0.25) is 0 Å². The quantitative estimate of drug-likeness (QED) is 0.395. The molecule has 0 rings (SSSR count). The molecule has 16 heavy (non-hydrogen) atoms. The van der Waals surface area contributed by atoms with Crippen LogP contribution in [0.1, 0.15) is 46.5 Å². The average molecular weight is 228 g/mol. The number of carbonyl (C=O) groups excluding carboxylic acids is 1. The van der Waals surface area contributed by atoms with Crippen molar-refractivity contribution in [1.29, 1.82) is 0 Å². The summed E-state index contributed by atoms with van der Waals surface area (Å²) in [5.74, 6) is 0.247. The molecule has 0 saturated heterocycles. The fourth-order valence-electron chi connectivity index (χ4n) is 1.26. The van der Waals surface area contributed by atoms with Crippen molar-refractivity contribution in [3.8, 4) is 0 Å². The van der Waals surface area contributed by atoms with Crippen LogP contribution in [0.3, 0.4) is 0 Å². The van der Waals surface area contributed by atoms with E-state index in [-0.39, 0.29) is 5.57 Å². The molecule has 0 bridgehead atoms. The molecule has 0 spiro atoms. The van der Waals surface area contributed by atoms with Crippen molar-refractivity contribution in [2.75, 3.05) is 6.61 Å². The maximum absolute atomic E-state index is 11.2. The van der Waals surface area contributed by atoms with Crippen LogP contribution in [0.5, 0.6) is 0 Å². The van der Waals surface area contributed by atoms with E-state index in [4.69, 9.17) is 9.84 Å². The van der Waals surface area contributed by atoms with Crippen LogP contribution in [0.4, 0.5) is 0 Å². The minimum Gasteiger partial charge on any atom is -0.462 e. The number of rotatable bonds is 8. The van der Waals surface area contributed by atoms with Gasteiger partial charge in [-0.25, -0.2) is 4.79 Å². The SMILES string of the molecule is C=C(C(=O)OCCCCCC(C)C)C(C)O. The largest absolute Gasteiger partial charge is 0.462 e. The van der Waals surface area contributed by atoms with Crippen LogP contribution in [0, 0.1) is 5.92 Å². The van der Waals surface area contributed by atoms with Crippen molar-refractivity contribution in [3.05, 3.63) is 12.2 Å². The minimum atomic E-state index is -0.826. The first-order valence-electron chi connectivity index (χ1n) is 5.99. The van der Waals surface area contributed by atoms with Crippen molar-refractivity contribution in [2.24, 2.45) is 5.92 Å². The van der Waals surface area contributed by atoms with Crippen molar-refractivity contribution >= 4 is 5.97 Å². The Morgan fingerprint density at radius 1 is 1.25 bits per heavy atom. The third kappa shape index (κ3) is 7.46. The summed E-state index contributed by atoms with van der Waals surface area (Å²) >= 11 is 0. The summed E-state index contributed by atoms with van der Waals surface area (Å²) in [6, 6.07) is 0. The van der Waals surface area contributed by atoms with E-state index >= 15 is 0 Å². The molecule has 1 unspecified atom stereocenters. The highest BCUT2D eigenvalue weighted by Gasteiger charge is 2.12. The second-order valence-corrected chi connectivity index (χ2v) is 4.58. The van der Waals surface area contributed by atoms with Crippen LogP contribution in [-0.4, -0.2) is 23.8 Å². The summed E-state index contributed by atoms with van der Waals surface area (Å²) in [4.78, 5) is 11.2. The van der Waals surface area contributed by atoms with E-state index in [0.29, 0.717) is 6.61 Å². The predicted octanol–water partition coefficient (Wildman–Crippen LogP) is 2.68. The summed E-state index contributed by atoms with van der Waals surface area (Å²) in [5, 5.41) is 9.09. The Morgan fingerprint density at radius 2 is 1.88 bits per heavy atom. The van der Waals surface area contributed by atoms with Gasteiger partial charge in [0.25, 0.3) is 0 Å². The maximum Gasteiger partial charge on any atom is 0.336 e. The normalized spacial score (nSPS) is 12.6. The van der Waals surface area contributed by atoms with E-state index in [1.165, 1.54) is 19.8 Å². The fourth-order valence-corrected chi connectivity index (χ4v) is 1.26. The van der Waals surface area contributed by atoms with Crippen molar-refractivity contribution in [1.82, 2.24) is 0 Å².